The third-order valence-corrected chi connectivity index (χ3v) is 13.7. The van der Waals surface area contributed by atoms with Crippen LogP contribution < -0.4 is 0 Å². The van der Waals surface area contributed by atoms with E-state index in [4.69, 9.17) is 9.47 Å². The molecule has 0 aliphatic heterocycles. The van der Waals surface area contributed by atoms with E-state index in [1.807, 2.05) is 30.5 Å². The minimum Gasteiger partial charge on any atom is -0.465 e. The smallest absolute Gasteiger partial charge is 0.307 e. The molecule has 0 N–H and O–H groups in total. The Morgan fingerprint density at radius 1 is 0.717 bits per heavy atom. The molecule has 0 saturated heterocycles. The molecule has 4 aliphatic carbocycles. The van der Waals surface area contributed by atoms with E-state index in [0.29, 0.717) is 31.5 Å². The second kappa shape index (κ2) is 27.1. The highest BCUT2D eigenvalue weighted by atomic mass is 32.2. The van der Waals surface area contributed by atoms with Crippen molar-refractivity contribution in [2.75, 3.05) is 44.4 Å². The van der Waals surface area contributed by atoms with Crippen LogP contribution in [0.1, 0.15) is 180 Å². The average molecular weight is 758 g/mol. The van der Waals surface area contributed by atoms with Crippen molar-refractivity contribution in [1.29, 1.82) is 0 Å². The Hall–Kier alpha value is -1.54. The van der Waals surface area contributed by atoms with Crippen LogP contribution >= 0.6 is 11.8 Å². The standard InChI is InChI=1S/C45H79N3O4S/c1-2-3-4-5-6-7-8-9-10-11-15-18-31-53-32-30-51-44(50)22-28-47(26-19-27-48-29-24-46-39-48)25-17-14-12-13-16-20-43(49)52-38-45-23-21-40-33-41(36-45)35-42(34-40)37-45/h24,29,39-42H,2-23,25-28,30-38H2,1H3. The summed E-state index contributed by atoms with van der Waals surface area (Å²) in [6.45, 7) is 7.15. The van der Waals surface area contributed by atoms with Crippen LogP contribution in [0.5, 0.6) is 0 Å². The van der Waals surface area contributed by atoms with Gasteiger partial charge in [-0.1, -0.05) is 96.8 Å². The Bertz CT molecular complexity index is 1070. The van der Waals surface area contributed by atoms with Gasteiger partial charge in [-0.05, 0) is 107 Å². The molecule has 53 heavy (non-hydrogen) atoms. The second-order valence-electron chi connectivity index (χ2n) is 17.4. The van der Waals surface area contributed by atoms with Crippen molar-refractivity contribution in [1.82, 2.24) is 14.5 Å². The largest absolute Gasteiger partial charge is 0.465 e. The van der Waals surface area contributed by atoms with Gasteiger partial charge in [0.15, 0.2) is 0 Å². The van der Waals surface area contributed by atoms with Gasteiger partial charge >= 0.3 is 11.9 Å². The molecule has 1 heterocycles. The van der Waals surface area contributed by atoms with Gasteiger partial charge in [-0.25, -0.2) is 4.98 Å². The summed E-state index contributed by atoms with van der Waals surface area (Å²) < 4.78 is 13.7. The number of esters is 2. The number of aryl methyl sites for hydroxylation is 1. The maximum absolute atomic E-state index is 12.6. The first-order valence-electron chi connectivity index (χ1n) is 22.6. The zero-order valence-corrected chi connectivity index (χ0v) is 34.9. The van der Waals surface area contributed by atoms with Crippen molar-refractivity contribution < 1.29 is 19.1 Å². The van der Waals surface area contributed by atoms with Gasteiger partial charge in [0.2, 0.25) is 0 Å². The molecule has 8 heteroatoms. The summed E-state index contributed by atoms with van der Waals surface area (Å²) in [5.74, 6) is 4.75. The van der Waals surface area contributed by atoms with Crippen molar-refractivity contribution >= 4 is 23.7 Å². The fourth-order valence-electron chi connectivity index (χ4n) is 9.84. The summed E-state index contributed by atoms with van der Waals surface area (Å²) in [5, 5.41) is 0. The SMILES string of the molecule is CCCCCCCCCCCCCCSCCOC(=O)CCN(CCCCCCCC(=O)OCC12CCC3CC(CC(C3)C1)C2)CCCn1ccnc1. The molecule has 0 radical (unpaired) electrons. The van der Waals surface area contributed by atoms with Crippen LogP contribution in [0.2, 0.25) is 0 Å². The normalized spacial score (nSPS) is 22.0. The molecule has 4 saturated carbocycles. The topological polar surface area (TPSA) is 73.7 Å². The third kappa shape index (κ3) is 19.2. The number of unbranched alkanes of at least 4 members (excludes halogenated alkanes) is 15. The summed E-state index contributed by atoms with van der Waals surface area (Å²) in [6, 6.07) is 0. The highest BCUT2D eigenvalue weighted by molar-refractivity contribution is 7.99. The fourth-order valence-corrected chi connectivity index (χ4v) is 10.7. The summed E-state index contributed by atoms with van der Waals surface area (Å²) in [7, 11) is 0. The molecule has 4 bridgehead atoms. The monoisotopic (exact) mass is 758 g/mol. The summed E-state index contributed by atoms with van der Waals surface area (Å²) in [6.07, 6.45) is 39.3. The molecule has 5 rings (SSSR count). The van der Waals surface area contributed by atoms with Crippen LogP contribution in [0.3, 0.4) is 0 Å². The number of fused-ring (bicyclic) bond motifs is 1. The van der Waals surface area contributed by atoms with Gasteiger partial charge in [-0.15, -0.1) is 0 Å². The molecular formula is C45H79N3O4S. The highest BCUT2D eigenvalue weighted by Gasteiger charge is 2.48. The molecule has 1 aromatic rings. The minimum absolute atomic E-state index is 0.0206. The second-order valence-corrected chi connectivity index (χ2v) is 18.6. The van der Waals surface area contributed by atoms with Crippen molar-refractivity contribution in [3.05, 3.63) is 18.7 Å². The number of nitrogens with zero attached hydrogens (tertiary/aromatic N) is 3. The number of carbonyl (C=O) groups is 2. The van der Waals surface area contributed by atoms with Crippen LogP contribution in [-0.2, 0) is 25.6 Å². The van der Waals surface area contributed by atoms with Crippen LogP contribution in [0.4, 0.5) is 0 Å². The molecule has 0 aromatic carbocycles. The first kappa shape index (κ1) is 44.2. The van der Waals surface area contributed by atoms with Gasteiger partial charge < -0.3 is 18.9 Å². The molecule has 0 spiro atoms. The fraction of sp³-hybridized carbons (Fsp3) is 0.889. The van der Waals surface area contributed by atoms with E-state index in [9.17, 15) is 9.59 Å². The summed E-state index contributed by atoms with van der Waals surface area (Å²) >= 11 is 1.92. The Labute approximate surface area is 329 Å². The molecule has 7 nitrogen and oxygen atoms in total. The minimum atomic E-state index is -0.0684. The number of hydrogen-bond acceptors (Lipinski definition) is 7. The van der Waals surface area contributed by atoms with Gasteiger partial charge in [0.1, 0.15) is 6.61 Å². The molecule has 1 aromatic heterocycles. The van der Waals surface area contributed by atoms with Crippen LogP contribution in [0.25, 0.3) is 0 Å². The Balaban J connectivity index is 0.973. The zero-order valence-electron chi connectivity index (χ0n) is 34.1. The lowest BCUT2D eigenvalue weighted by Crippen LogP contribution is -2.37. The first-order valence-corrected chi connectivity index (χ1v) is 23.8. The van der Waals surface area contributed by atoms with Crippen molar-refractivity contribution in [2.45, 2.75) is 187 Å². The molecule has 4 fully saturated rings. The van der Waals surface area contributed by atoms with E-state index in [2.05, 4.69) is 21.4 Å². The van der Waals surface area contributed by atoms with Crippen molar-refractivity contribution in [3.63, 3.8) is 0 Å². The quantitative estimate of drug-likeness (QED) is 0.0522. The van der Waals surface area contributed by atoms with E-state index in [0.717, 1.165) is 88.2 Å². The number of rotatable bonds is 33. The van der Waals surface area contributed by atoms with Gasteiger partial charge in [-0.2, -0.15) is 11.8 Å². The maximum atomic E-state index is 12.6. The lowest BCUT2D eigenvalue weighted by Gasteiger charge is -2.44. The van der Waals surface area contributed by atoms with Crippen molar-refractivity contribution in [2.24, 2.45) is 23.2 Å². The number of thioether (sulfide) groups is 1. The lowest BCUT2D eigenvalue weighted by atomic mass is 9.62. The molecular weight excluding hydrogens is 679 g/mol. The van der Waals surface area contributed by atoms with Gasteiger partial charge in [0.05, 0.1) is 19.4 Å². The lowest BCUT2D eigenvalue weighted by molar-refractivity contribution is -0.149. The first-order chi connectivity index (χ1) is 26.0. The molecule has 2 unspecified atom stereocenters. The summed E-state index contributed by atoms with van der Waals surface area (Å²) in [5.41, 5.74) is 0.292. The zero-order chi connectivity index (χ0) is 37.2. The molecule has 2 atom stereocenters. The number of aromatic nitrogens is 2. The number of carbonyl (C=O) groups excluding carboxylic acids is 2. The van der Waals surface area contributed by atoms with E-state index in [-0.39, 0.29) is 11.9 Å². The molecule has 4 aliphatic rings. The summed E-state index contributed by atoms with van der Waals surface area (Å²) in [4.78, 5) is 31.8. The van der Waals surface area contributed by atoms with E-state index < -0.39 is 0 Å². The average Bonchev–Trinajstić information content (AvgIpc) is 3.59. The van der Waals surface area contributed by atoms with E-state index >= 15 is 0 Å². The molecule has 0 amide bonds. The molecule has 304 valence electrons. The Morgan fingerprint density at radius 3 is 2.04 bits per heavy atom. The predicted molar refractivity (Wildman–Crippen MR) is 221 cm³/mol. The van der Waals surface area contributed by atoms with E-state index in [1.165, 1.54) is 128 Å². The van der Waals surface area contributed by atoms with Gasteiger partial charge in [0, 0.05) is 43.1 Å². The number of hydrogen-bond donors (Lipinski definition) is 0. The highest BCUT2D eigenvalue weighted by Crippen LogP contribution is 2.57. The van der Waals surface area contributed by atoms with Crippen molar-refractivity contribution in [3.8, 4) is 0 Å². The number of ether oxygens (including phenoxy) is 2. The van der Waals surface area contributed by atoms with Crippen LogP contribution in [-0.4, -0.2) is 70.7 Å². The van der Waals surface area contributed by atoms with Crippen LogP contribution in [0.15, 0.2) is 18.7 Å². The Kier molecular flexibility index (Phi) is 22.6. The Morgan fingerprint density at radius 2 is 1.34 bits per heavy atom. The van der Waals surface area contributed by atoms with Gasteiger partial charge in [-0.3, -0.25) is 9.59 Å². The number of imidazole rings is 1. The predicted octanol–water partition coefficient (Wildman–Crippen LogP) is 11.4. The van der Waals surface area contributed by atoms with E-state index in [1.54, 1.807) is 0 Å². The van der Waals surface area contributed by atoms with Crippen LogP contribution in [0, 0.1) is 23.2 Å². The third-order valence-electron chi connectivity index (χ3n) is 12.6. The van der Waals surface area contributed by atoms with Gasteiger partial charge in [0.25, 0.3) is 0 Å². The maximum Gasteiger partial charge on any atom is 0.307 e.